The van der Waals surface area contributed by atoms with Crippen molar-refractivity contribution in [2.45, 2.75) is 6.54 Å². The number of nitrogens with one attached hydrogen (secondary N) is 2. The van der Waals surface area contributed by atoms with Gasteiger partial charge in [-0.25, -0.2) is 4.39 Å². The molecule has 0 aliphatic rings. The van der Waals surface area contributed by atoms with E-state index in [1.165, 1.54) is 12.1 Å². The summed E-state index contributed by atoms with van der Waals surface area (Å²) in [7, 11) is 1.81. The van der Waals surface area contributed by atoms with E-state index in [1.54, 1.807) is 37.5 Å². The number of aromatic nitrogens is 1. The van der Waals surface area contributed by atoms with Crippen molar-refractivity contribution in [1.82, 2.24) is 10.3 Å². The van der Waals surface area contributed by atoms with Gasteiger partial charge in [0.05, 0.1) is 5.69 Å². The molecule has 0 saturated heterocycles. The molecule has 19 heavy (non-hydrogen) atoms. The van der Waals surface area contributed by atoms with Gasteiger partial charge in [-0.3, -0.25) is 9.78 Å². The van der Waals surface area contributed by atoms with Crippen LogP contribution in [0.25, 0.3) is 0 Å². The standard InChI is InChI=1S/C14H14FN3O/c1-16-9-13-7-10(5-6-17-13)14(19)18-12-4-2-3-11(15)8-12/h2-8,16H,9H2,1H3,(H,18,19). The van der Waals surface area contributed by atoms with Crippen molar-refractivity contribution in [3.8, 4) is 0 Å². The summed E-state index contributed by atoms with van der Waals surface area (Å²) < 4.78 is 13.0. The van der Waals surface area contributed by atoms with Crippen molar-refractivity contribution in [1.29, 1.82) is 0 Å². The van der Waals surface area contributed by atoms with Crippen molar-refractivity contribution in [2.75, 3.05) is 12.4 Å². The van der Waals surface area contributed by atoms with Crippen LogP contribution in [-0.4, -0.2) is 17.9 Å². The zero-order chi connectivity index (χ0) is 13.7. The Labute approximate surface area is 110 Å². The molecule has 0 saturated carbocycles. The molecule has 0 radical (unpaired) electrons. The fourth-order valence-corrected chi connectivity index (χ4v) is 1.67. The van der Waals surface area contributed by atoms with Gasteiger partial charge in [0.1, 0.15) is 5.82 Å². The molecule has 2 N–H and O–H groups in total. The molecule has 98 valence electrons. The summed E-state index contributed by atoms with van der Waals surface area (Å²) in [6, 6.07) is 9.10. The quantitative estimate of drug-likeness (QED) is 0.885. The second-order valence-corrected chi connectivity index (χ2v) is 4.03. The lowest BCUT2D eigenvalue weighted by Crippen LogP contribution is -2.14. The van der Waals surface area contributed by atoms with Crippen LogP contribution in [0.5, 0.6) is 0 Å². The van der Waals surface area contributed by atoms with Gasteiger partial charge in [0, 0.05) is 24.0 Å². The number of anilines is 1. The van der Waals surface area contributed by atoms with E-state index in [1.807, 2.05) is 0 Å². The molecule has 0 aliphatic heterocycles. The van der Waals surface area contributed by atoms with E-state index in [0.717, 1.165) is 5.69 Å². The number of benzene rings is 1. The number of rotatable bonds is 4. The minimum atomic E-state index is -0.386. The number of carbonyl (C=O) groups excluding carboxylic acids is 1. The number of carbonyl (C=O) groups is 1. The van der Waals surface area contributed by atoms with E-state index in [4.69, 9.17) is 0 Å². The van der Waals surface area contributed by atoms with Crippen LogP contribution in [0.3, 0.4) is 0 Å². The minimum Gasteiger partial charge on any atom is -0.322 e. The molecule has 2 rings (SSSR count). The highest BCUT2D eigenvalue weighted by molar-refractivity contribution is 6.04. The molecular weight excluding hydrogens is 245 g/mol. The van der Waals surface area contributed by atoms with Crippen molar-refractivity contribution in [3.05, 3.63) is 59.7 Å². The van der Waals surface area contributed by atoms with Gasteiger partial charge in [0.15, 0.2) is 0 Å². The molecule has 0 fully saturated rings. The fourth-order valence-electron chi connectivity index (χ4n) is 1.67. The Morgan fingerprint density at radius 3 is 2.89 bits per heavy atom. The highest BCUT2D eigenvalue weighted by atomic mass is 19.1. The predicted octanol–water partition coefficient (Wildman–Crippen LogP) is 2.19. The zero-order valence-electron chi connectivity index (χ0n) is 10.5. The first-order chi connectivity index (χ1) is 9.19. The van der Waals surface area contributed by atoms with Gasteiger partial charge in [-0.15, -0.1) is 0 Å². The lowest BCUT2D eigenvalue weighted by atomic mass is 10.2. The van der Waals surface area contributed by atoms with Crippen molar-refractivity contribution in [3.63, 3.8) is 0 Å². The Morgan fingerprint density at radius 2 is 2.16 bits per heavy atom. The maximum absolute atomic E-state index is 13.0. The number of hydrogen-bond donors (Lipinski definition) is 2. The third kappa shape index (κ3) is 3.59. The number of pyridine rings is 1. The molecule has 1 heterocycles. The average molecular weight is 259 g/mol. The molecule has 0 unspecified atom stereocenters. The molecule has 0 aliphatic carbocycles. The first-order valence-corrected chi connectivity index (χ1v) is 5.85. The van der Waals surface area contributed by atoms with Crippen LogP contribution in [0, 0.1) is 5.82 Å². The Morgan fingerprint density at radius 1 is 1.32 bits per heavy atom. The van der Waals surface area contributed by atoms with E-state index in [9.17, 15) is 9.18 Å². The van der Waals surface area contributed by atoms with Crippen molar-refractivity contribution in [2.24, 2.45) is 0 Å². The van der Waals surface area contributed by atoms with E-state index in [-0.39, 0.29) is 11.7 Å². The van der Waals surface area contributed by atoms with Crippen LogP contribution in [0.1, 0.15) is 16.1 Å². The van der Waals surface area contributed by atoms with Gasteiger partial charge in [-0.2, -0.15) is 0 Å². The van der Waals surface area contributed by atoms with Crippen LogP contribution in [0.2, 0.25) is 0 Å². The summed E-state index contributed by atoms with van der Waals surface area (Å²) in [5.74, 6) is -0.672. The molecule has 0 spiro atoms. The molecule has 5 heteroatoms. The minimum absolute atomic E-state index is 0.287. The third-order valence-electron chi connectivity index (χ3n) is 2.52. The monoisotopic (exact) mass is 259 g/mol. The van der Waals surface area contributed by atoms with Crippen molar-refractivity contribution < 1.29 is 9.18 Å². The lowest BCUT2D eigenvalue weighted by molar-refractivity contribution is 0.102. The predicted molar refractivity (Wildman–Crippen MR) is 71.4 cm³/mol. The van der Waals surface area contributed by atoms with Crippen molar-refractivity contribution >= 4 is 11.6 Å². The van der Waals surface area contributed by atoms with Crippen LogP contribution in [0.4, 0.5) is 10.1 Å². The molecule has 1 aromatic carbocycles. The summed E-state index contributed by atoms with van der Waals surface area (Å²) in [4.78, 5) is 16.1. The highest BCUT2D eigenvalue weighted by Gasteiger charge is 2.07. The SMILES string of the molecule is CNCc1cc(C(=O)Nc2cccc(F)c2)ccn1. The zero-order valence-corrected chi connectivity index (χ0v) is 10.5. The normalized spacial score (nSPS) is 10.2. The summed E-state index contributed by atoms with van der Waals surface area (Å²) in [5.41, 5.74) is 1.69. The van der Waals surface area contributed by atoms with E-state index < -0.39 is 0 Å². The molecule has 1 aromatic heterocycles. The van der Waals surface area contributed by atoms with Gasteiger partial charge in [-0.05, 0) is 37.4 Å². The third-order valence-corrected chi connectivity index (χ3v) is 2.52. The highest BCUT2D eigenvalue weighted by Crippen LogP contribution is 2.11. The Hall–Kier alpha value is -2.27. The average Bonchev–Trinajstić information content (AvgIpc) is 2.39. The summed E-state index contributed by atoms with van der Waals surface area (Å²) in [6.45, 7) is 0.584. The number of halogens is 1. The topological polar surface area (TPSA) is 54.0 Å². The maximum Gasteiger partial charge on any atom is 0.255 e. The van der Waals surface area contributed by atoms with Gasteiger partial charge in [0.2, 0.25) is 0 Å². The summed E-state index contributed by atoms with van der Waals surface area (Å²) in [5, 5.41) is 5.60. The molecule has 0 bridgehead atoms. The van der Waals surface area contributed by atoms with Crippen LogP contribution >= 0.6 is 0 Å². The van der Waals surface area contributed by atoms with Crippen LogP contribution in [-0.2, 0) is 6.54 Å². The number of nitrogens with zero attached hydrogens (tertiary/aromatic N) is 1. The molecule has 2 aromatic rings. The number of hydrogen-bond acceptors (Lipinski definition) is 3. The van der Waals surface area contributed by atoms with E-state index in [2.05, 4.69) is 15.6 Å². The largest absolute Gasteiger partial charge is 0.322 e. The van der Waals surface area contributed by atoms with Gasteiger partial charge in [-0.1, -0.05) is 6.07 Å². The fraction of sp³-hybridized carbons (Fsp3) is 0.143. The summed E-state index contributed by atoms with van der Waals surface area (Å²) >= 11 is 0. The van der Waals surface area contributed by atoms with Crippen LogP contribution < -0.4 is 10.6 Å². The first-order valence-electron chi connectivity index (χ1n) is 5.85. The lowest BCUT2D eigenvalue weighted by Gasteiger charge is -2.06. The number of amides is 1. The molecule has 1 amide bonds. The first kappa shape index (κ1) is 13.2. The van der Waals surface area contributed by atoms with E-state index in [0.29, 0.717) is 17.8 Å². The second-order valence-electron chi connectivity index (χ2n) is 4.03. The van der Waals surface area contributed by atoms with E-state index >= 15 is 0 Å². The van der Waals surface area contributed by atoms with Gasteiger partial charge < -0.3 is 10.6 Å². The molecule has 0 atom stereocenters. The van der Waals surface area contributed by atoms with Crippen LogP contribution in [0.15, 0.2) is 42.6 Å². The Balaban J connectivity index is 2.13. The summed E-state index contributed by atoms with van der Waals surface area (Å²) in [6.07, 6.45) is 1.58. The molecular formula is C14H14FN3O. The molecule has 4 nitrogen and oxygen atoms in total. The smallest absolute Gasteiger partial charge is 0.255 e. The van der Waals surface area contributed by atoms with Gasteiger partial charge >= 0.3 is 0 Å². The Bertz CT molecular complexity index is 586. The Kier molecular flexibility index (Phi) is 4.20. The maximum atomic E-state index is 13.0. The van der Waals surface area contributed by atoms with Gasteiger partial charge in [0.25, 0.3) is 5.91 Å². The second kappa shape index (κ2) is 6.06.